The Bertz CT molecular complexity index is 452. The molecule has 1 fully saturated rings. The number of nitrogens with one attached hydrogen (secondary N) is 2. The number of benzene rings is 1. The van der Waals surface area contributed by atoms with Crippen molar-refractivity contribution in [3.63, 3.8) is 0 Å². The molecule has 0 unspecified atom stereocenters. The molecule has 0 bridgehead atoms. The molecule has 3 nitrogen and oxygen atoms in total. The molecule has 2 rings (SSSR count). The molecule has 1 amide bonds. The van der Waals surface area contributed by atoms with E-state index in [-0.39, 0.29) is 10.9 Å². The number of hydrogen-bond acceptors (Lipinski definition) is 3. The van der Waals surface area contributed by atoms with Crippen LogP contribution in [0.3, 0.4) is 0 Å². The van der Waals surface area contributed by atoms with Crippen LogP contribution in [-0.4, -0.2) is 30.0 Å². The summed E-state index contributed by atoms with van der Waals surface area (Å²) in [5.41, 5.74) is 0.442. The molecule has 1 aliphatic heterocycles. The zero-order chi connectivity index (χ0) is 13.7. The summed E-state index contributed by atoms with van der Waals surface area (Å²) in [7, 11) is 0. The first-order valence-electron chi connectivity index (χ1n) is 6.22. The molecule has 2 N–H and O–H groups in total. The third kappa shape index (κ3) is 4.67. The van der Waals surface area contributed by atoms with Crippen molar-refractivity contribution in [1.29, 1.82) is 0 Å². The normalized spacial score (nSPS) is 16.3. The fourth-order valence-electron chi connectivity index (χ4n) is 1.93. The topological polar surface area (TPSA) is 41.1 Å². The van der Waals surface area contributed by atoms with E-state index in [1.807, 2.05) is 0 Å². The molecule has 0 atom stereocenters. The molecule has 1 aromatic rings. The van der Waals surface area contributed by atoms with Gasteiger partial charge in [0.25, 0.3) is 0 Å². The lowest BCUT2D eigenvalue weighted by molar-refractivity contribution is -0.113. The van der Waals surface area contributed by atoms with Gasteiger partial charge in [0.05, 0.1) is 10.8 Å². The number of rotatable bonds is 4. The number of carbonyl (C=O) groups is 1. The third-order valence-corrected chi connectivity index (χ3v) is 4.62. The zero-order valence-corrected chi connectivity index (χ0v) is 12.0. The van der Waals surface area contributed by atoms with Gasteiger partial charge in [-0.15, -0.1) is 11.8 Å². The number of halogens is 2. The van der Waals surface area contributed by atoms with Gasteiger partial charge in [-0.05, 0) is 44.1 Å². The van der Waals surface area contributed by atoms with E-state index in [0.717, 1.165) is 25.9 Å². The van der Waals surface area contributed by atoms with E-state index in [0.29, 0.717) is 16.7 Å². The Hall–Kier alpha value is -0.780. The van der Waals surface area contributed by atoms with Crippen LogP contribution in [0.4, 0.5) is 10.1 Å². The van der Waals surface area contributed by atoms with Crippen LogP contribution < -0.4 is 10.6 Å². The minimum atomic E-state index is -0.523. The van der Waals surface area contributed by atoms with Crippen LogP contribution in [0.15, 0.2) is 18.2 Å². The predicted molar refractivity (Wildman–Crippen MR) is 78.4 cm³/mol. The van der Waals surface area contributed by atoms with Crippen molar-refractivity contribution in [2.75, 3.05) is 24.2 Å². The van der Waals surface area contributed by atoms with Crippen LogP contribution in [0, 0.1) is 5.82 Å². The number of hydrogen-bond donors (Lipinski definition) is 2. The van der Waals surface area contributed by atoms with Crippen molar-refractivity contribution in [3.05, 3.63) is 29.0 Å². The fraction of sp³-hybridized carbons (Fsp3) is 0.462. The van der Waals surface area contributed by atoms with Gasteiger partial charge in [0.15, 0.2) is 0 Å². The van der Waals surface area contributed by atoms with Crippen molar-refractivity contribution < 1.29 is 9.18 Å². The zero-order valence-electron chi connectivity index (χ0n) is 10.4. The molecule has 0 aliphatic carbocycles. The Morgan fingerprint density at radius 1 is 1.47 bits per heavy atom. The van der Waals surface area contributed by atoms with Gasteiger partial charge < -0.3 is 10.6 Å². The van der Waals surface area contributed by atoms with Crippen molar-refractivity contribution >= 4 is 35.0 Å². The van der Waals surface area contributed by atoms with Crippen LogP contribution in [0.1, 0.15) is 12.8 Å². The first-order valence-corrected chi connectivity index (χ1v) is 7.65. The van der Waals surface area contributed by atoms with Crippen molar-refractivity contribution in [1.82, 2.24) is 5.32 Å². The van der Waals surface area contributed by atoms with Crippen molar-refractivity contribution in [2.24, 2.45) is 0 Å². The average molecular weight is 303 g/mol. The van der Waals surface area contributed by atoms with E-state index >= 15 is 0 Å². The highest BCUT2D eigenvalue weighted by atomic mass is 35.5. The Kier molecular flexibility index (Phi) is 5.48. The quantitative estimate of drug-likeness (QED) is 0.898. The van der Waals surface area contributed by atoms with Gasteiger partial charge in [-0.2, -0.15) is 0 Å². The maximum atomic E-state index is 13.2. The molecule has 0 spiro atoms. The summed E-state index contributed by atoms with van der Waals surface area (Å²) >= 11 is 7.24. The van der Waals surface area contributed by atoms with Crippen LogP contribution >= 0.6 is 23.4 Å². The van der Waals surface area contributed by atoms with Crippen LogP contribution in [0.2, 0.25) is 5.02 Å². The molecule has 104 valence electrons. The highest BCUT2D eigenvalue weighted by Gasteiger charge is 2.15. The molecular weight excluding hydrogens is 287 g/mol. The molecule has 6 heteroatoms. The summed E-state index contributed by atoms with van der Waals surface area (Å²) in [6, 6.07) is 4.26. The van der Waals surface area contributed by atoms with Gasteiger partial charge in [-0.25, -0.2) is 4.39 Å². The minimum absolute atomic E-state index is 0.0575. The van der Waals surface area contributed by atoms with E-state index < -0.39 is 5.82 Å². The lowest BCUT2D eigenvalue weighted by Crippen LogP contribution is -2.30. The third-order valence-electron chi connectivity index (χ3n) is 2.94. The summed E-state index contributed by atoms with van der Waals surface area (Å²) < 4.78 is 13.2. The number of amides is 1. The average Bonchev–Trinajstić information content (AvgIpc) is 2.42. The number of thioether (sulfide) groups is 1. The van der Waals surface area contributed by atoms with Crippen molar-refractivity contribution in [3.8, 4) is 0 Å². The monoisotopic (exact) mass is 302 g/mol. The van der Waals surface area contributed by atoms with E-state index in [9.17, 15) is 9.18 Å². The lowest BCUT2D eigenvalue weighted by atomic mass is 10.2. The second-order valence-electron chi connectivity index (χ2n) is 4.44. The Labute approximate surface area is 121 Å². The highest BCUT2D eigenvalue weighted by Crippen LogP contribution is 2.21. The van der Waals surface area contributed by atoms with E-state index in [1.54, 1.807) is 17.8 Å². The van der Waals surface area contributed by atoms with E-state index in [1.165, 1.54) is 12.1 Å². The Balaban J connectivity index is 1.78. The summed E-state index contributed by atoms with van der Waals surface area (Å²) in [5, 5.41) is 6.55. The Morgan fingerprint density at radius 2 is 2.21 bits per heavy atom. The molecule has 1 aliphatic rings. The predicted octanol–water partition coefficient (Wildman–Crippen LogP) is 2.90. The second-order valence-corrected chi connectivity index (χ2v) is 6.13. The minimum Gasteiger partial charge on any atom is -0.325 e. The summed E-state index contributed by atoms with van der Waals surface area (Å²) in [6.45, 7) is 2.03. The van der Waals surface area contributed by atoms with Gasteiger partial charge in [-0.1, -0.05) is 11.6 Å². The van der Waals surface area contributed by atoms with Gasteiger partial charge in [-0.3, -0.25) is 4.79 Å². The first-order chi connectivity index (χ1) is 9.15. The first kappa shape index (κ1) is 14.6. The highest BCUT2D eigenvalue weighted by molar-refractivity contribution is 8.00. The largest absolute Gasteiger partial charge is 0.325 e. The maximum Gasteiger partial charge on any atom is 0.234 e. The van der Waals surface area contributed by atoms with E-state index in [2.05, 4.69) is 10.6 Å². The second kappa shape index (κ2) is 7.12. The molecular formula is C13H16ClFN2OS. The summed E-state index contributed by atoms with van der Waals surface area (Å²) in [4.78, 5) is 11.7. The molecule has 0 radical (unpaired) electrons. The molecule has 0 aromatic heterocycles. The Morgan fingerprint density at radius 3 is 2.89 bits per heavy atom. The van der Waals surface area contributed by atoms with Crippen LogP contribution in [-0.2, 0) is 4.79 Å². The SMILES string of the molecule is O=C(CSC1CCNCC1)Nc1ccc(Cl)c(F)c1. The number of carbonyl (C=O) groups excluding carboxylic acids is 1. The van der Waals surface area contributed by atoms with Gasteiger partial charge in [0, 0.05) is 10.9 Å². The maximum absolute atomic E-state index is 13.2. The lowest BCUT2D eigenvalue weighted by Gasteiger charge is -2.21. The summed E-state index contributed by atoms with van der Waals surface area (Å²) in [5.74, 6) is -0.231. The smallest absolute Gasteiger partial charge is 0.234 e. The summed E-state index contributed by atoms with van der Waals surface area (Å²) in [6.07, 6.45) is 2.18. The van der Waals surface area contributed by atoms with Gasteiger partial charge >= 0.3 is 0 Å². The molecule has 1 heterocycles. The van der Waals surface area contributed by atoms with E-state index in [4.69, 9.17) is 11.6 Å². The molecule has 1 saturated heterocycles. The standard InChI is InChI=1S/C13H16ClFN2OS/c14-11-2-1-9(7-12(11)15)17-13(18)8-19-10-3-5-16-6-4-10/h1-2,7,10,16H,3-6,8H2,(H,17,18). The fourth-order valence-corrected chi connectivity index (χ4v) is 3.07. The molecule has 1 aromatic carbocycles. The number of anilines is 1. The molecule has 19 heavy (non-hydrogen) atoms. The van der Waals surface area contributed by atoms with Crippen molar-refractivity contribution in [2.45, 2.75) is 18.1 Å². The van der Waals surface area contributed by atoms with Gasteiger partial charge in [0.2, 0.25) is 5.91 Å². The van der Waals surface area contributed by atoms with Gasteiger partial charge in [0.1, 0.15) is 5.82 Å². The van der Waals surface area contributed by atoms with Crippen LogP contribution in [0.5, 0.6) is 0 Å². The number of piperidine rings is 1. The molecule has 0 saturated carbocycles. The van der Waals surface area contributed by atoms with Crippen LogP contribution in [0.25, 0.3) is 0 Å².